The summed E-state index contributed by atoms with van der Waals surface area (Å²) in [6.45, 7) is 1.71. The van der Waals surface area contributed by atoms with Crippen LogP contribution in [-0.4, -0.2) is 38.6 Å². The minimum atomic E-state index is -6.82. The molecule has 194 valence electrons. The first-order chi connectivity index (χ1) is 16.5. The highest BCUT2D eigenvalue weighted by molar-refractivity contribution is 8.11. The number of rotatable bonds is 7. The molecule has 0 heterocycles. The van der Waals surface area contributed by atoms with Gasteiger partial charge in [-0.3, -0.25) is 0 Å². The molecule has 0 saturated heterocycles. The van der Waals surface area contributed by atoms with Crippen LogP contribution in [0.5, 0.6) is 0 Å². The molecule has 3 aromatic carbocycles. The predicted molar refractivity (Wildman–Crippen MR) is 128 cm³/mol. The molecule has 13 heteroatoms. The minimum absolute atomic E-state index is 0.222. The second kappa shape index (κ2) is 9.79. The van der Waals surface area contributed by atoms with E-state index in [4.69, 9.17) is 0 Å². The summed E-state index contributed by atoms with van der Waals surface area (Å²) in [6, 6.07) is 21.0. The van der Waals surface area contributed by atoms with Crippen LogP contribution >= 0.6 is 7.26 Å². The molecular weight excluding hydrogens is 549 g/mol. The van der Waals surface area contributed by atoms with Crippen LogP contribution in [0.1, 0.15) is 5.56 Å². The Labute approximate surface area is 205 Å². The van der Waals surface area contributed by atoms with Gasteiger partial charge >= 0.3 is 11.0 Å². The van der Waals surface area contributed by atoms with Crippen molar-refractivity contribution in [3.63, 3.8) is 0 Å². The monoisotopic (exact) mass is 569 g/mol. The average Bonchev–Trinajstić information content (AvgIpc) is 2.80. The maximum Gasteiger partial charge on any atom is 0.498 e. The second-order valence-electron chi connectivity index (χ2n) is 7.91. The van der Waals surface area contributed by atoms with E-state index < -0.39 is 48.7 Å². The van der Waals surface area contributed by atoms with Crippen molar-refractivity contribution < 1.29 is 43.2 Å². The summed E-state index contributed by atoms with van der Waals surface area (Å²) in [5, 5.41) is 0.671. The van der Waals surface area contributed by atoms with Crippen molar-refractivity contribution in [2.45, 2.75) is 22.5 Å². The van der Waals surface area contributed by atoms with Crippen LogP contribution in [0.25, 0.3) is 0 Å². The molecule has 4 nitrogen and oxygen atoms in total. The lowest BCUT2D eigenvalue weighted by Crippen LogP contribution is -2.50. The van der Waals surface area contributed by atoms with Crippen LogP contribution in [0.2, 0.25) is 0 Å². The van der Waals surface area contributed by atoms with Gasteiger partial charge in [0.15, 0.2) is 0 Å². The molecule has 0 fully saturated rings. The van der Waals surface area contributed by atoms with E-state index in [1.807, 2.05) is 0 Å². The largest absolute Gasteiger partial charge is 0.498 e. The lowest BCUT2D eigenvalue weighted by Gasteiger charge is -2.31. The van der Waals surface area contributed by atoms with Crippen molar-refractivity contribution in [2.24, 2.45) is 0 Å². The van der Waals surface area contributed by atoms with Crippen molar-refractivity contribution in [3.8, 4) is 0 Å². The van der Waals surface area contributed by atoms with E-state index in [1.165, 1.54) is 60.7 Å². The summed E-state index contributed by atoms with van der Waals surface area (Å²) in [6.07, 6.45) is -1.46. The summed E-state index contributed by atoms with van der Waals surface area (Å²) in [5.74, 6) is 0. The van der Waals surface area contributed by atoms with Crippen LogP contribution in [-0.2, 0) is 19.7 Å². The summed E-state index contributed by atoms with van der Waals surface area (Å²) >= 11 is 0. The Morgan fingerprint density at radius 2 is 0.944 bits per heavy atom. The molecule has 0 unspecified atom stereocenters. The zero-order chi connectivity index (χ0) is 27.0. The Morgan fingerprint density at radius 1 is 0.611 bits per heavy atom. The molecule has 0 atom stereocenters. The zero-order valence-corrected chi connectivity index (χ0v) is 21.1. The van der Waals surface area contributed by atoms with E-state index in [2.05, 4.69) is 0 Å². The Hall–Kier alpha value is -2.43. The number of halogens is 6. The summed E-state index contributed by atoms with van der Waals surface area (Å²) in [4.78, 5) is 0. The van der Waals surface area contributed by atoms with Gasteiger partial charge in [0, 0.05) is 0 Å². The van der Waals surface area contributed by atoms with E-state index in [0.29, 0.717) is 0 Å². The Bertz CT molecular complexity index is 1320. The van der Waals surface area contributed by atoms with Gasteiger partial charge in [0.05, 0.1) is 0 Å². The van der Waals surface area contributed by atoms with Crippen molar-refractivity contribution >= 4 is 42.9 Å². The second-order valence-corrected chi connectivity index (χ2v) is 16.0. The van der Waals surface area contributed by atoms with Gasteiger partial charge in [-0.1, -0.05) is 54.1 Å². The van der Waals surface area contributed by atoms with Gasteiger partial charge < -0.3 is 0 Å². The molecule has 0 bridgehead atoms. The number of aryl methyl sites for hydroxylation is 1. The highest BCUT2D eigenvalue weighted by atomic mass is 32.3. The molecule has 36 heavy (non-hydrogen) atoms. The lowest BCUT2D eigenvalue weighted by molar-refractivity contribution is -0.0468. The summed E-state index contributed by atoms with van der Waals surface area (Å²) in [7, 11) is -17.4. The molecule has 0 radical (unpaired) electrons. The molecule has 3 rings (SSSR count). The third-order valence-electron chi connectivity index (χ3n) is 5.63. The molecule has 0 aliphatic carbocycles. The number of hydrogen-bond acceptors (Lipinski definition) is 4. The van der Waals surface area contributed by atoms with Crippen LogP contribution in [0, 0.1) is 6.92 Å². The fourth-order valence-corrected chi connectivity index (χ4v) is 13.3. The number of hydrogen-bond donors (Lipinski definition) is 0. The van der Waals surface area contributed by atoms with Gasteiger partial charge in [0.2, 0.25) is 4.58 Å². The van der Waals surface area contributed by atoms with E-state index in [9.17, 15) is 43.2 Å². The van der Waals surface area contributed by atoms with Gasteiger partial charge in [-0.05, 0) is 43.3 Å². The van der Waals surface area contributed by atoms with Crippen molar-refractivity contribution in [3.05, 3.63) is 90.5 Å². The van der Waals surface area contributed by atoms with Gasteiger partial charge in [-0.25, -0.2) is 16.8 Å². The predicted octanol–water partition coefficient (Wildman–Crippen LogP) is 4.48. The molecular formula is C23H20F6O4PS2+. The highest BCUT2D eigenvalue weighted by Crippen LogP contribution is 2.58. The number of sulfone groups is 2. The van der Waals surface area contributed by atoms with E-state index in [-0.39, 0.29) is 15.9 Å². The van der Waals surface area contributed by atoms with Gasteiger partial charge in [0.25, 0.3) is 19.7 Å². The quantitative estimate of drug-likeness (QED) is 0.311. The summed E-state index contributed by atoms with van der Waals surface area (Å²) < 4.78 is 128. The van der Waals surface area contributed by atoms with Crippen molar-refractivity contribution in [1.82, 2.24) is 0 Å². The fraction of sp³-hybridized carbons (Fsp3) is 0.217. The first kappa shape index (κ1) is 28.1. The SMILES string of the molecule is Cc1ccc([P+](CC(S(=O)(=O)C(F)(F)F)S(=O)(=O)C(F)(F)F)(c2ccccc2)c2ccccc2)cc1. The fourth-order valence-electron chi connectivity index (χ4n) is 3.81. The number of benzene rings is 3. The van der Waals surface area contributed by atoms with Crippen LogP contribution < -0.4 is 15.9 Å². The molecule has 0 amide bonds. The molecule has 0 aromatic heterocycles. The smallest absolute Gasteiger partial charge is 0.218 e. The van der Waals surface area contributed by atoms with Gasteiger partial charge in [-0.15, -0.1) is 0 Å². The number of alkyl halides is 6. The molecule has 0 spiro atoms. The molecule has 0 saturated carbocycles. The molecule has 0 aliphatic heterocycles. The van der Waals surface area contributed by atoms with Crippen molar-refractivity contribution in [2.75, 3.05) is 6.16 Å². The maximum absolute atomic E-state index is 13.6. The Morgan fingerprint density at radius 3 is 1.28 bits per heavy atom. The standard InChI is InChI=1S/C23H20F6O4PS2/c1-17-12-14-20(15-13-17)34(18-8-4-2-5-9-18,19-10-6-3-7-11-19)16-21(35(30,31)22(24,25)26)36(32,33)23(27,28)29/h2-15,21H,16H2,1H3/q+1. The topological polar surface area (TPSA) is 68.3 Å². The Kier molecular flexibility index (Phi) is 7.66. The minimum Gasteiger partial charge on any atom is -0.218 e. The Balaban J connectivity index is 2.49. The molecule has 0 aliphatic rings. The first-order valence-electron chi connectivity index (χ1n) is 10.2. The van der Waals surface area contributed by atoms with Crippen molar-refractivity contribution in [1.29, 1.82) is 0 Å². The average molecular weight is 570 g/mol. The van der Waals surface area contributed by atoms with E-state index >= 15 is 0 Å². The zero-order valence-electron chi connectivity index (χ0n) is 18.5. The van der Waals surface area contributed by atoms with Gasteiger partial charge in [-0.2, -0.15) is 26.3 Å². The first-order valence-corrected chi connectivity index (χ1v) is 15.3. The van der Waals surface area contributed by atoms with E-state index in [1.54, 1.807) is 31.2 Å². The van der Waals surface area contributed by atoms with Crippen LogP contribution in [0.3, 0.4) is 0 Å². The van der Waals surface area contributed by atoms with Gasteiger partial charge in [0.1, 0.15) is 29.3 Å². The maximum atomic E-state index is 13.6. The summed E-state index contributed by atoms with van der Waals surface area (Å²) in [5.41, 5.74) is -11.8. The van der Waals surface area contributed by atoms with E-state index in [0.717, 1.165) is 5.56 Å². The highest BCUT2D eigenvalue weighted by Gasteiger charge is 2.67. The van der Waals surface area contributed by atoms with Crippen LogP contribution in [0.4, 0.5) is 26.3 Å². The third-order valence-corrected chi connectivity index (χ3v) is 15.1. The normalized spacial score (nSPS) is 13.7. The molecule has 0 N–H and O–H groups in total. The molecule has 3 aromatic rings. The lowest BCUT2D eigenvalue weighted by atomic mass is 10.2. The van der Waals surface area contributed by atoms with Crippen LogP contribution in [0.15, 0.2) is 84.9 Å². The third kappa shape index (κ3) is 5.03.